The molecule has 3 rings (SSSR count). The normalized spacial score (nSPS) is 10.5. The summed E-state index contributed by atoms with van der Waals surface area (Å²) in [5.74, 6) is -0.630. The Kier molecular flexibility index (Phi) is 4.63. The summed E-state index contributed by atoms with van der Waals surface area (Å²) < 4.78 is 10.7. The Hall–Kier alpha value is -2.99. The molecule has 0 spiro atoms. The summed E-state index contributed by atoms with van der Waals surface area (Å²) >= 11 is 5.87. The Bertz CT molecular complexity index is 965. The fraction of sp³-hybridized carbons (Fsp3) is 0.111. The highest BCUT2D eigenvalue weighted by Crippen LogP contribution is 2.25. The van der Waals surface area contributed by atoms with Crippen LogP contribution >= 0.6 is 11.6 Å². The van der Waals surface area contributed by atoms with Crippen LogP contribution in [-0.2, 0) is 0 Å². The van der Waals surface area contributed by atoms with Crippen LogP contribution in [0.15, 0.2) is 46.9 Å². The molecule has 2 aromatic carbocycles. The molecule has 0 unspecified atom stereocenters. The van der Waals surface area contributed by atoms with Gasteiger partial charge >= 0.3 is 5.91 Å². The molecule has 0 fully saturated rings. The van der Waals surface area contributed by atoms with Gasteiger partial charge in [-0.15, -0.1) is 0 Å². The lowest BCUT2D eigenvalue weighted by atomic mass is 10.1. The first-order valence-corrected chi connectivity index (χ1v) is 7.81. The smallest absolute Gasteiger partial charge is 0.305 e. The van der Waals surface area contributed by atoms with Crippen molar-refractivity contribution >= 4 is 34.4 Å². The number of aryl methyl sites for hydroxylation is 1. The van der Waals surface area contributed by atoms with E-state index in [0.29, 0.717) is 21.9 Å². The lowest BCUT2D eigenvalue weighted by molar-refractivity contribution is 0.0830. The second kappa shape index (κ2) is 6.86. The zero-order chi connectivity index (χ0) is 18.0. The number of hydrogen-bond acceptors (Lipinski definition) is 4. The Morgan fingerprint density at radius 2 is 1.80 bits per heavy atom. The molecule has 3 aromatic rings. The molecule has 2 N–H and O–H groups in total. The number of halogens is 1. The molecule has 7 heteroatoms. The zero-order valence-corrected chi connectivity index (χ0v) is 14.3. The number of fused-ring (bicyclic) bond motifs is 1. The third kappa shape index (κ3) is 3.29. The van der Waals surface area contributed by atoms with E-state index in [1.165, 1.54) is 19.2 Å². The third-order valence-corrected chi connectivity index (χ3v) is 3.98. The van der Waals surface area contributed by atoms with Crippen LogP contribution in [0.5, 0.6) is 5.75 Å². The molecule has 1 aromatic heterocycles. The number of carbonyl (C=O) groups is 2. The minimum atomic E-state index is -0.546. The molecule has 0 aliphatic rings. The van der Waals surface area contributed by atoms with Crippen molar-refractivity contribution in [3.63, 3.8) is 0 Å². The van der Waals surface area contributed by atoms with Crippen LogP contribution in [0.3, 0.4) is 0 Å². The predicted octanol–water partition coefficient (Wildman–Crippen LogP) is 3.48. The van der Waals surface area contributed by atoms with Gasteiger partial charge in [-0.05, 0) is 31.2 Å². The van der Waals surface area contributed by atoms with E-state index in [1.54, 1.807) is 19.1 Å². The summed E-state index contributed by atoms with van der Waals surface area (Å²) in [7, 11) is 1.43. The van der Waals surface area contributed by atoms with Gasteiger partial charge < -0.3 is 9.15 Å². The van der Waals surface area contributed by atoms with Gasteiger partial charge in [0.1, 0.15) is 11.3 Å². The molecular formula is C18H15ClN2O4. The molecule has 0 bridgehead atoms. The van der Waals surface area contributed by atoms with Crippen molar-refractivity contribution in [2.24, 2.45) is 0 Å². The van der Waals surface area contributed by atoms with Crippen molar-refractivity contribution in [2.75, 3.05) is 7.11 Å². The van der Waals surface area contributed by atoms with Gasteiger partial charge in [-0.3, -0.25) is 20.4 Å². The second-order valence-electron chi connectivity index (χ2n) is 5.31. The minimum Gasteiger partial charge on any atom is -0.496 e. The van der Waals surface area contributed by atoms with Gasteiger partial charge in [-0.1, -0.05) is 29.8 Å². The lowest BCUT2D eigenvalue weighted by Crippen LogP contribution is -2.41. The molecule has 25 heavy (non-hydrogen) atoms. The van der Waals surface area contributed by atoms with Crippen molar-refractivity contribution < 1.29 is 18.7 Å². The molecule has 0 aliphatic heterocycles. The van der Waals surface area contributed by atoms with Crippen LogP contribution < -0.4 is 15.6 Å². The van der Waals surface area contributed by atoms with E-state index in [1.807, 2.05) is 18.2 Å². The number of hydrogen-bond donors (Lipinski definition) is 2. The van der Waals surface area contributed by atoms with E-state index in [2.05, 4.69) is 10.9 Å². The van der Waals surface area contributed by atoms with Crippen LogP contribution in [0.1, 0.15) is 26.5 Å². The van der Waals surface area contributed by atoms with Crippen molar-refractivity contribution in [3.8, 4) is 5.75 Å². The average molecular weight is 359 g/mol. The van der Waals surface area contributed by atoms with Gasteiger partial charge in [0.25, 0.3) is 5.91 Å². The lowest BCUT2D eigenvalue weighted by Gasteiger charge is -2.10. The highest BCUT2D eigenvalue weighted by molar-refractivity contribution is 6.30. The maximum atomic E-state index is 12.3. The number of amides is 2. The molecule has 1 heterocycles. The topological polar surface area (TPSA) is 80.6 Å². The molecule has 0 saturated carbocycles. The summed E-state index contributed by atoms with van der Waals surface area (Å²) in [5.41, 5.74) is 6.24. The molecule has 0 aliphatic carbocycles. The summed E-state index contributed by atoms with van der Waals surface area (Å²) in [6, 6.07) is 11.9. The fourth-order valence-corrected chi connectivity index (χ4v) is 2.64. The van der Waals surface area contributed by atoms with Crippen LogP contribution in [0.25, 0.3) is 11.0 Å². The van der Waals surface area contributed by atoms with Gasteiger partial charge in [0.05, 0.1) is 12.7 Å². The van der Waals surface area contributed by atoms with Crippen molar-refractivity contribution in [2.45, 2.75) is 6.92 Å². The highest BCUT2D eigenvalue weighted by Gasteiger charge is 2.19. The summed E-state index contributed by atoms with van der Waals surface area (Å²) in [5, 5.41) is 1.29. The number of para-hydroxylation sites is 1. The van der Waals surface area contributed by atoms with E-state index >= 15 is 0 Å². The first-order valence-electron chi connectivity index (χ1n) is 7.43. The first kappa shape index (κ1) is 16.9. The van der Waals surface area contributed by atoms with Crippen LogP contribution in [0.4, 0.5) is 0 Å². The largest absolute Gasteiger partial charge is 0.496 e. The third-order valence-electron chi connectivity index (χ3n) is 3.75. The molecule has 6 nitrogen and oxygen atoms in total. The fourth-order valence-electron chi connectivity index (χ4n) is 2.48. The van der Waals surface area contributed by atoms with E-state index in [9.17, 15) is 9.59 Å². The van der Waals surface area contributed by atoms with Gasteiger partial charge in [0.15, 0.2) is 5.76 Å². The Morgan fingerprint density at radius 1 is 1.08 bits per heavy atom. The first-order chi connectivity index (χ1) is 12.0. The summed E-state index contributed by atoms with van der Waals surface area (Å²) in [4.78, 5) is 24.6. The number of rotatable bonds is 3. The summed E-state index contributed by atoms with van der Waals surface area (Å²) in [6.07, 6.45) is 0. The maximum Gasteiger partial charge on any atom is 0.305 e. The van der Waals surface area contributed by atoms with Crippen LogP contribution in [0, 0.1) is 6.92 Å². The highest BCUT2D eigenvalue weighted by atomic mass is 35.5. The predicted molar refractivity (Wildman–Crippen MR) is 93.9 cm³/mol. The molecule has 0 radical (unpaired) electrons. The van der Waals surface area contributed by atoms with E-state index in [0.717, 1.165) is 5.39 Å². The number of ether oxygens (including phenoxy) is 1. The standard InChI is InChI=1S/C18H15ClN2O4/c1-10-12-5-3-4-6-14(12)25-16(10)18(23)21-20-17(22)13-8-7-11(19)9-15(13)24-2/h3-9H,1-2H3,(H,20,22)(H,21,23). The monoisotopic (exact) mass is 358 g/mol. The number of carbonyl (C=O) groups excluding carboxylic acids is 2. The van der Waals surface area contributed by atoms with Gasteiger partial charge in [0, 0.05) is 16.0 Å². The van der Waals surface area contributed by atoms with Crippen molar-refractivity contribution in [1.82, 2.24) is 10.9 Å². The van der Waals surface area contributed by atoms with Gasteiger partial charge in [0.2, 0.25) is 0 Å². The average Bonchev–Trinajstić information content (AvgIpc) is 2.96. The number of methoxy groups -OCH3 is 1. The quantitative estimate of drug-likeness (QED) is 0.702. The van der Waals surface area contributed by atoms with Crippen LogP contribution in [0.2, 0.25) is 5.02 Å². The number of benzene rings is 2. The van der Waals surface area contributed by atoms with Gasteiger partial charge in [-0.25, -0.2) is 0 Å². The Balaban J connectivity index is 1.75. The maximum absolute atomic E-state index is 12.3. The SMILES string of the molecule is COc1cc(Cl)ccc1C(=O)NNC(=O)c1oc2ccccc2c1C. The molecule has 128 valence electrons. The van der Waals surface area contributed by atoms with Crippen molar-refractivity contribution in [1.29, 1.82) is 0 Å². The Labute approximate surface area is 148 Å². The minimum absolute atomic E-state index is 0.143. The van der Waals surface area contributed by atoms with Crippen molar-refractivity contribution in [3.05, 3.63) is 64.4 Å². The van der Waals surface area contributed by atoms with Crippen LogP contribution in [-0.4, -0.2) is 18.9 Å². The van der Waals surface area contributed by atoms with E-state index < -0.39 is 11.8 Å². The molecule has 2 amide bonds. The molecule has 0 saturated heterocycles. The number of nitrogens with one attached hydrogen (secondary N) is 2. The molecule has 0 atom stereocenters. The molecular weight excluding hydrogens is 344 g/mol. The number of hydrazine groups is 1. The van der Waals surface area contributed by atoms with Gasteiger partial charge in [-0.2, -0.15) is 0 Å². The Morgan fingerprint density at radius 3 is 2.52 bits per heavy atom. The van der Waals surface area contributed by atoms with E-state index in [-0.39, 0.29) is 11.3 Å². The number of furan rings is 1. The zero-order valence-electron chi connectivity index (χ0n) is 13.6. The van der Waals surface area contributed by atoms with E-state index in [4.69, 9.17) is 20.8 Å². The second-order valence-corrected chi connectivity index (χ2v) is 5.74. The summed E-state index contributed by atoms with van der Waals surface area (Å²) in [6.45, 7) is 1.78.